The van der Waals surface area contributed by atoms with Gasteiger partial charge in [-0.15, -0.1) is 0 Å². The largest absolute Gasteiger partial charge is 0.349 e. The molecule has 1 aromatic heterocycles. The highest BCUT2D eigenvalue weighted by molar-refractivity contribution is 7.89. The second-order valence-corrected chi connectivity index (χ2v) is 11.0. The third-order valence-corrected chi connectivity index (χ3v) is 8.14. The molecule has 3 aromatic rings. The molecule has 3 N–H and O–H groups in total. The molecule has 1 heterocycles. The Balaban J connectivity index is 1.31. The van der Waals surface area contributed by atoms with Gasteiger partial charge in [-0.25, -0.2) is 22.5 Å². The number of aromatic amines is 1. The van der Waals surface area contributed by atoms with Crippen LogP contribution in [0.25, 0.3) is 11.3 Å². The van der Waals surface area contributed by atoms with Gasteiger partial charge in [0.25, 0.3) is 0 Å². The number of aryl methyl sites for hydroxylation is 2. The Labute approximate surface area is 205 Å². The molecule has 9 heteroatoms. The van der Waals surface area contributed by atoms with Crippen LogP contribution in [0.1, 0.15) is 55.7 Å². The monoisotopic (exact) mass is 498 g/mol. The van der Waals surface area contributed by atoms with E-state index >= 15 is 0 Å². The molecule has 4 rings (SSSR count). The first-order valence-electron chi connectivity index (χ1n) is 11.8. The van der Waals surface area contributed by atoms with E-state index in [1.165, 1.54) is 12.1 Å². The van der Waals surface area contributed by atoms with Gasteiger partial charge in [-0.1, -0.05) is 24.3 Å². The van der Waals surface area contributed by atoms with Crippen molar-refractivity contribution in [2.24, 2.45) is 5.92 Å². The number of rotatable bonds is 7. The van der Waals surface area contributed by atoms with Gasteiger partial charge in [0.2, 0.25) is 15.9 Å². The number of amides is 1. The van der Waals surface area contributed by atoms with Crippen LogP contribution in [0.3, 0.4) is 0 Å². The fourth-order valence-electron chi connectivity index (χ4n) is 4.62. The van der Waals surface area contributed by atoms with Crippen LogP contribution in [0.4, 0.5) is 4.39 Å². The number of benzene rings is 2. The molecule has 7 nitrogen and oxygen atoms in total. The molecular weight excluding hydrogens is 467 g/mol. The summed E-state index contributed by atoms with van der Waals surface area (Å²) in [7, 11) is -3.67. The lowest BCUT2D eigenvalue weighted by atomic mass is 9.85. The molecule has 0 unspecified atom stereocenters. The van der Waals surface area contributed by atoms with Crippen LogP contribution < -0.4 is 10.0 Å². The van der Waals surface area contributed by atoms with E-state index in [-0.39, 0.29) is 34.6 Å². The van der Waals surface area contributed by atoms with Crippen LogP contribution in [0.2, 0.25) is 0 Å². The average Bonchev–Trinajstić information content (AvgIpc) is 3.17. The maximum Gasteiger partial charge on any atom is 0.240 e. The number of aromatic nitrogens is 2. The summed E-state index contributed by atoms with van der Waals surface area (Å²) >= 11 is 0. The number of imidazole rings is 1. The van der Waals surface area contributed by atoms with Gasteiger partial charge >= 0.3 is 0 Å². The number of hydrogen-bond donors (Lipinski definition) is 3. The standard InChI is InChI=1S/C26H31FN4O3S/c1-16(19-4-10-22(27)11-5-19)29-26(32)21-6-12-23(13-7-21)31-35(33,34)24-14-8-20(9-15-24)25-17(2)28-18(3)30-25/h4-5,8-11,14-16,21,23,31H,6-7,12-13H2,1-3H3,(H,28,30)(H,29,32)/t16-,21-,23-/m1/s1. The Hall–Kier alpha value is -3.04. The van der Waals surface area contributed by atoms with Gasteiger partial charge in [0.05, 0.1) is 22.3 Å². The van der Waals surface area contributed by atoms with Gasteiger partial charge < -0.3 is 10.3 Å². The predicted octanol–water partition coefficient (Wildman–Crippen LogP) is 4.55. The van der Waals surface area contributed by atoms with E-state index in [1.54, 1.807) is 36.4 Å². The Kier molecular flexibility index (Phi) is 7.37. The number of nitrogens with zero attached hydrogens (tertiary/aromatic N) is 1. The van der Waals surface area contributed by atoms with Crippen LogP contribution >= 0.6 is 0 Å². The van der Waals surface area contributed by atoms with Crippen LogP contribution in [-0.2, 0) is 14.8 Å². The fourth-order valence-corrected chi connectivity index (χ4v) is 5.92. The maximum atomic E-state index is 13.1. The lowest BCUT2D eigenvalue weighted by Gasteiger charge is -2.29. The van der Waals surface area contributed by atoms with E-state index in [0.717, 1.165) is 28.3 Å². The molecule has 0 bridgehead atoms. The molecule has 35 heavy (non-hydrogen) atoms. The van der Waals surface area contributed by atoms with E-state index in [1.807, 2.05) is 20.8 Å². The molecule has 2 aromatic carbocycles. The second-order valence-electron chi connectivity index (χ2n) is 9.26. The highest BCUT2D eigenvalue weighted by Gasteiger charge is 2.29. The van der Waals surface area contributed by atoms with Gasteiger partial charge in [-0.3, -0.25) is 4.79 Å². The molecule has 186 valence electrons. The van der Waals surface area contributed by atoms with Crippen molar-refractivity contribution in [3.63, 3.8) is 0 Å². The summed E-state index contributed by atoms with van der Waals surface area (Å²) < 4.78 is 41.8. The van der Waals surface area contributed by atoms with E-state index in [9.17, 15) is 17.6 Å². The van der Waals surface area contributed by atoms with Gasteiger partial charge in [-0.05, 0) is 81.8 Å². The quantitative estimate of drug-likeness (QED) is 0.445. The van der Waals surface area contributed by atoms with Crippen molar-refractivity contribution in [3.05, 3.63) is 71.4 Å². The maximum absolute atomic E-state index is 13.1. The van der Waals surface area contributed by atoms with E-state index < -0.39 is 10.0 Å². The summed E-state index contributed by atoms with van der Waals surface area (Å²) in [6.07, 6.45) is 2.39. The zero-order valence-corrected chi connectivity index (χ0v) is 21.0. The number of hydrogen-bond acceptors (Lipinski definition) is 4. The molecule has 0 spiro atoms. The molecule has 1 fully saturated rings. The van der Waals surface area contributed by atoms with E-state index in [2.05, 4.69) is 20.0 Å². The Morgan fingerprint density at radius 2 is 1.66 bits per heavy atom. The smallest absolute Gasteiger partial charge is 0.240 e. The summed E-state index contributed by atoms with van der Waals surface area (Å²) in [4.78, 5) is 20.5. The minimum Gasteiger partial charge on any atom is -0.349 e. The third-order valence-electron chi connectivity index (χ3n) is 6.60. The lowest BCUT2D eigenvalue weighted by molar-refractivity contribution is -0.126. The van der Waals surface area contributed by atoms with Crippen LogP contribution in [0, 0.1) is 25.6 Å². The van der Waals surface area contributed by atoms with Crippen molar-refractivity contribution in [1.82, 2.24) is 20.0 Å². The predicted molar refractivity (Wildman–Crippen MR) is 133 cm³/mol. The molecule has 1 atom stereocenters. The van der Waals surface area contributed by atoms with E-state index in [4.69, 9.17) is 0 Å². The lowest BCUT2D eigenvalue weighted by Crippen LogP contribution is -2.41. The SMILES string of the molecule is Cc1nc(C)c(-c2ccc(S(=O)(=O)N[C@H]3CC[C@H](C(=O)N[C@H](C)c4ccc(F)cc4)CC3)cc2)[nH]1. The van der Waals surface area contributed by atoms with Crippen LogP contribution in [0.15, 0.2) is 53.4 Å². The van der Waals surface area contributed by atoms with Crippen molar-refractivity contribution < 1.29 is 17.6 Å². The molecule has 0 aliphatic heterocycles. The van der Waals surface area contributed by atoms with Gasteiger partial charge in [-0.2, -0.15) is 0 Å². The highest BCUT2D eigenvalue weighted by atomic mass is 32.2. The summed E-state index contributed by atoms with van der Waals surface area (Å²) in [5.41, 5.74) is 3.46. The molecule has 0 saturated heterocycles. The second kappa shape index (κ2) is 10.3. The van der Waals surface area contributed by atoms with Crippen molar-refractivity contribution >= 4 is 15.9 Å². The molecule has 1 aliphatic rings. The molecule has 0 radical (unpaired) electrons. The molecular formula is C26H31FN4O3S. The van der Waals surface area contributed by atoms with Crippen LogP contribution in [0.5, 0.6) is 0 Å². The fraction of sp³-hybridized carbons (Fsp3) is 0.385. The van der Waals surface area contributed by atoms with Gasteiger partial charge in [0, 0.05) is 12.0 Å². The summed E-state index contributed by atoms with van der Waals surface area (Å²) in [6, 6.07) is 12.4. The normalized spacial score (nSPS) is 19.3. The molecule has 1 amide bonds. The average molecular weight is 499 g/mol. The highest BCUT2D eigenvalue weighted by Crippen LogP contribution is 2.28. The summed E-state index contributed by atoms with van der Waals surface area (Å²) in [6.45, 7) is 5.65. The summed E-state index contributed by atoms with van der Waals surface area (Å²) in [5, 5.41) is 2.99. The third kappa shape index (κ3) is 5.97. The Morgan fingerprint density at radius 3 is 2.23 bits per heavy atom. The van der Waals surface area contributed by atoms with E-state index in [0.29, 0.717) is 25.7 Å². The van der Waals surface area contributed by atoms with Crippen molar-refractivity contribution in [1.29, 1.82) is 0 Å². The number of halogens is 1. The van der Waals surface area contributed by atoms with Gasteiger partial charge in [0.1, 0.15) is 11.6 Å². The first kappa shape index (κ1) is 25.1. The number of sulfonamides is 1. The minimum atomic E-state index is -3.67. The molecule has 1 saturated carbocycles. The van der Waals surface area contributed by atoms with Crippen molar-refractivity contribution in [3.8, 4) is 11.3 Å². The Bertz CT molecular complexity index is 1280. The topological polar surface area (TPSA) is 104 Å². The Morgan fingerprint density at radius 1 is 1.03 bits per heavy atom. The van der Waals surface area contributed by atoms with Crippen LogP contribution in [-0.4, -0.2) is 30.3 Å². The van der Waals surface area contributed by atoms with Crippen molar-refractivity contribution in [2.75, 3.05) is 0 Å². The number of carbonyl (C=O) groups excluding carboxylic acids is 1. The minimum absolute atomic E-state index is 0.0527. The zero-order valence-electron chi connectivity index (χ0n) is 20.1. The number of H-pyrrole nitrogens is 1. The van der Waals surface area contributed by atoms with Crippen molar-refractivity contribution in [2.45, 2.75) is 63.4 Å². The zero-order chi connectivity index (χ0) is 25.2. The first-order valence-corrected chi connectivity index (χ1v) is 13.3. The molecule has 1 aliphatic carbocycles. The number of carbonyl (C=O) groups is 1. The summed E-state index contributed by atoms with van der Waals surface area (Å²) in [5.74, 6) is 0.277. The van der Waals surface area contributed by atoms with Gasteiger partial charge in [0.15, 0.2) is 0 Å². The first-order chi connectivity index (χ1) is 16.6. The number of nitrogens with one attached hydrogen (secondary N) is 3.